The van der Waals surface area contributed by atoms with Gasteiger partial charge in [-0.2, -0.15) is 0 Å². The molecular weight excluding hydrogens is 201 g/mol. The lowest BCUT2D eigenvalue weighted by Crippen LogP contribution is -2.22. The van der Waals surface area contributed by atoms with Crippen LogP contribution < -0.4 is 0 Å². The van der Waals surface area contributed by atoms with E-state index in [1.54, 1.807) is 6.07 Å². The van der Waals surface area contributed by atoms with Crippen molar-refractivity contribution in [1.82, 2.24) is 4.98 Å². The summed E-state index contributed by atoms with van der Waals surface area (Å²) in [4.78, 5) is 3.08. The van der Waals surface area contributed by atoms with Crippen molar-refractivity contribution in [2.24, 2.45) is 0 Å². The minimum atomic E-state index is -0.146. The summed E-state index contributed by atoms with van der Waals surface area (Å²) in [6, 6.07) is 1.65. The van der Waals surface area contributed by atoms with Gasteiger partial charge >= 0.3 is 0 Å². The third kappa shape index (κ3) is 3.36. The van der Waals surface area contributed by atoms with Crippen LogP contribution in [0.25, 0.3) is 0 Å². The van der Waals surface area contributed by atoms with Crippen LogP contribution in [0, 0.1) is 5.82 Å². The summed E-state index contributed by atoms with van der Waals surface area (Å²) < 4.78 is 13.1. The largest absolute Gasteiger partial charge is 0.362 e. The van der Waals surface area contributed by atoms with E-state index in [-0.39, 0.29) is 11.2 Å². The number of nitrogens with one attached hydrogen (secondary N) is 1. The number of aromatic nitrogens is 1. The van der Waals surface area contributed by atoms with Gasteiger partial charge in [0.1, 0.15) is 5.82 Å². The van der Waals surface area contributed by atoms with Crippen molar-refractivity contribution in [3.63, 3.8) is 0 Å². The molecule has 1 aromatic rings. The predicted octanol–water partition coefficient (Wildman–Crippen LogP) is 4.79. The standard InChI is InChI=1S/C14H24FN/c1-4-6-7-9-14(3,8-5-2)13-10-12(15)11-16-13/h10-11,16H,4-9H2,1-3H3. The highest BCUT2D eigenvalue weighted by Crippen LogP contribution is 2.33. The summed E-state index contributed by atoms with van der Waals surface area (Å²) in [5.41, 5.74) is 1.18. The van der Waals surface area contributed by atoms with E-state index in [0.717, 1.165) is 25.0 Å². The molecule has 0 aliphatic heterocycles. The lowest BCUT2D eigenvalue weighted by atomic mass is 9.78. The van der Waals surface area contributed by atoms with Crippen LogP contribution in [-0.4, -0.2) is 4.98 Å². The maximum absolute atomic E-state index is 13.1. The molecule has 0 fully saturated rings. The van der Waals surface area contributed by atoms with Crippen LogP contribution >= 0.6 is 0 Å². The Morgan fingerprint density at radius 2 is 1.94 bits per heavy atom. The molecule has 2 heteroatoms. The molecule has 0 aliphatic carbocycles. The molecule has 0 bridgehead atoms. The van der Waals surface area contributed by atoms with Gasteiger partial charge in [-0.25, -0.2) is 4.39 Å². The molecule has 1 N–H and O–H groups in total. The zero-order chi connectivity index (χ0) is 12.0. The van der Waals surface area contributed by atoms with Gasteiger partial charge in [-0.15, -0.1) is 0 Å². The van der Waals surface area contributed by atoms with E-state index in [1.165, 1.54) is 25.5 Å². The molecule has 0 radical (unpaired) electrons. The third-order valence-corrected chi connectivity index (χ3v) is 3.43. The predicted molar refractivity (Wildman–Crippen MR) is 67.2 cm³/mol. The molecule has 0 aromatic carbocycles. The third-order valence-electron chi connectivity index (χ3n) is 3.43. The van der Waals surface area contributed by atoms with E-state index < -0.39 is 0 Å². The smallest absolute Gasteiger partial charge is 0.140 e. The summed E-state index contributed by atoms with van der Waals surface area (Å²) in [6.07, 6.45) is 8.61. The van der Waals surface area contributed by atoms with Gasteiger partial charge in [-0.05, 0) is 18.9 Å². The Morgan fingerprint density at radius 1 is 1.19 bits per heavy atom. The Balaban J connectivity index is 2.71. The lowest BCUT2D eigenvalue weighted by Gasteiger charge is -2.28. The Kier molecular flexibility index (Phi) is 5.04. The number of rotatable bonds is 7. The van der Waals surface area contributed by atoms with Gasteiger partial charge in [0.2, 0.25) is 0 Å². The van der Waals surface area contributed by atoms with E-state index in [1.807, 2.05) is 0 Å². The maximum atomic E-state index is 13.1. The fourth-order valence-electron chi connectivity index (χ4n) is 2.43. The molecule has 1 aromatic heterocycles. The molecule has 1 nitrogen and oxygen atoms in total. The van der Waals surface area contributed by atoms with Gasteiger partial charge in [0, 0.05) is 17.3 Å². The molecule has 1 heterocycles. The molecule has 0 saturated carbocycles. The topological polar surface area (TPSA) is 15.8 Å². The summed E-state index contributed by atoms with van der Waals surface area (Å²) in [5, 5.41) is 0. The molecule has 1 unspecified atom stereocenters. The number of hydrogen-bond acceptors (Lipinski definition) is 0. The normalized spacial score (nSPS) is 15.0. The minimum absolute atomic E-state index is 0.119. The molecule has 0 amide bonds. The van der Waals surface area contributed by atoms with E-state index in [4.69, 9.17) is 0 Å². The average molecular weight is 225 g/mol. The first-order valence-corrected chi connectivity index (χ1v) is 6.47. The summed E-state index contributed by atoms with van der Waals surface area (Å²) in [7, 11) is 0. The second kappa shape index (κ2) is 6.07. The van der Waals surface area contributed by atoms with Crippen LogP contribution in [0.1, 0.15) is 65.0 Å². The van der Waals surface area contributed by atoms with Crippen molar-refractivity contribution >= 4 is 0 Å². The fourth-order valence-corrected chi connectivity index (χ4v) is 2.43. The average Bonchev–Trinajstić information content (AvgIpc) is 2.66. The number of unbranched alkanes of at least 4 members (excludes halogenated alkanes) is 2. The van der Waals surface area contributed by atoms with Crippen molar-refractivity contribution in [3.8, 4) is 0 Å². The van der Waals surface area contributed by atoms with Crippen LogP contribution in [0.15, 0.2) is 12.3 Å². The van der Waals surface area contributed by atoms with Crippen LogP contribution in [0.5, 0.6) is 0 Å². The zero-order valence-electron chi connectivity index (χ0n) is 10.8. The van der Waals surface area contributed by atoms with Crippen molar-refractivity contribution in [3.05, 3.63) is 23.8 Å². The molecule has 0 spiro atoms. The molecule has 1 rings (SSSR count). The SMILES string of the molecule is CCCCCC(C)(CCC)c1cc(F)c[nH]1. The number of H-pyrrole nitrogens is 1. The van der Waals surface area contributed by atoms with Crippen LogP contribution in [-0.2, 0) is 5.41 Å². The first kappa shape index (κ1) is 13.3. The Morgan fingerprint density at radius 3 is 2.44 bits per heavy atom. The van der Waals surface area contributed by atoms with Crippen LogP contribution in [0.3, 0.4) is 0 Å². The maximum Gasteiger partial charge on any atom is 0.140 e. The van der Waals surface area contributed by atoms with Gasteiger partial charge in [0.15, 0.2) is 0 Å². The van der Waals surface area contributed by atoms with Gasteiger partial charge in [-0.1, -0.05) is 46.5 Å². The fraction of sp³-hybridized carbons (Fsp3) is 0.714. The first-order chi connectivity index (χ1) is 7.62. The van der Waals surface area contributed by atoms with Crippen LogP contribution in [0.2, 0.25) is 0 Å². The second-order valence-corrected chi connectivity index (χ2v) is 5.00. The monoisotopic (exact) mass is 225 g/mol. The van der Waals surface area contributed by atoms with Gasteiger partial charge in [0.05, 0.1) is 0 Å². The van der Waals surface area contributed by atoms with Crippen molar-refractivity contribution in [2.75, 3.05) is 0 Å². The molecule has 16 heavy (non-hydrogen) atoms. The van der Waals surface area contributed by atoms with E-state index in [9.17, 15) is 4.39 Å². The quantitative estimate of drug-likeness (QED) is 0.642. The highest BCUT2D eigenvalue weighted by atomic mass is 19.1. The van der Waals surface area contributed by atoms with Crippen molar-refractivity contribution < 1.29 is 4.39 Å². The number of halogens is 1. The van der Waals surface area contributed by atoms with Gasteiger partial charge in [0.25, 0.3) is 0 Å². The van der Waals surface area contributed by atoms with Crippen LogP contribution in [0.4, 0.5) is 4.39 Å². The summed E-state index contributed by atoms with van der Waals surface area (Å²) in [5.74, 6) is -0.146. The summed E-state index contributed by atoms with van der Waals surface area (Å²) >= 11 is 0. The molecule has 0 saturated heterocycles. The van der Waals surface area contributed by atoms with Gasteiger partial charge < -0.3 is 4.98 Å². The molecule has 0 aliphatic rings. The van der Waals surface area contributed by atoms with E-state index in [0.29, 0.717) is 0 Å². The molecular formula is C14H24FN. The Bertz CT molecular complexity index is 305. The lowest BCUT2D eigenvalue weighted by molar-refractivity contribution is 0.370. The highest BCUT2D eigenvalue weighted by Gasteiger charge is 2.26. The molecule has 92 valence electrons. The first-order valence-electron chi connectivity index (χ1n) is 6.47. The molecule has 1 atom stereocenters. The number of hydrogen-bond donors (Lipinski definition) is 1. The van der Waals surface area contributed by atoms with E-state index >= 15 is 0 Å². The van der Waals surface area contributed by atoms with Gasteiger partial charge in [-0.3, -0.25) is 0 Å². The second-order valence-electron chi connectivity index (χ2n) is 5.00. The Labute approximate surface area is 98.5 Å². The van der Waals surface area contributed by atoms with Crippen molar-refractivity contribution in [2.45, 2.75) is 64.7 Å². The van der Waals surface area contributed by atoms with Crippen molar-refractivity contribution in [1.29, 1.82) is 0 Å². The Hall–Kier alpha value is -0.790. The zero-order valence-corrected chi connectivity index (χ0v) is 10.8. The minimum Gasteiger partial charge on any atom is -0.362 e. The number of aromatic amines is 1. The van der Waals surface area contributed by atoms with E-state index in [2.05, 4.69) is 25.8 Å². The summed E-state index contributed by atoms with van der Waals surface area (Å²) in [6.45, 7) is 6.65. The highest BCUT2D eigenvalue weighted by molar-refractivity contribution is 5.17.